The molecule has 1 saturated carbocycles. The lowest BCUT2D eigenvalue weighted by atomic mass is 9.77. The van der Waals surface area contributed by atoms with Crippen LogP contribution >= 0.6 is 0 Å². The molecule has 0 bridgehead atoms. The van der Waals surface area contributed by atoms with Crippen LogP contribution in [0.5, 0.6) is 5.75 Å². The fraction of sp³-hybridized carbons (Fsp3) is 0.676. The smallest absolute Gasteiger partial charge is 0.255 e. The number of ether oxygens (including phenoxy) is 1. The van der Waals surface area contributed by atoms with Crippen LogP contribution in [-0.4, -0.2) is 82.7 Å². The van der Waals surface area contributed by atoms with E-state index in [0.717, 1.165) is 88.9 Å². The first-order valence-electron chi connectivity index (χ1n) is 16.7. The summed E-state index contributed by atoms with van der Waals surface area (Å²) in [5.74, 6) is 1.58. The van der Waals surface area contributed by atoms with E-state index in [4.69, 9.17) is 10.00 Å². The summed E-state index contributed by atoms with van der Waals surface area (Å²) in [4.78, 5) is 55.9. The molecule has 3 saturated heterocycles. The van der Waals surface area contributed by atoms with Crippen LogP contribution in [0.25, 0.3) is 0 Å². The van der Waals surface area contributed by atoms with Gasteiger partial charge in [-0.15, -0.1) is 0 Å². The van der Waals surface area contributed by atoms with Gasteiger partial charge in [0.25, 0.3) is 5.91 Å². The molecule has 1 N–H and O–H groups in total. The van der Waals surface area contributed by atoms with Crippen LogP contribution < -0.4 is 10.1 Å². The molecular weight excluding hydrogens is 558 g/mol. The molecule has 4 fully saturated rings. The molecule has 6 rings (SSSR count). The summed E-state index contributed by atoms with van der Waals surface area (Å²) in [7, 11) is 0. The van der Waals surface area contributed by atoms with Crippen molar-refractivity contribution >= 4 is 23.6 Å². The van der Waals surface area contributed by atoms with Gasteiger partial charge in [0, 0.05) is 63.6 Å². The lowest BCUT2D eigenvalue weighted by Crippen LogP contribution is -2.60. The topological polar surface area (TPSA) is 123 Å². The van der Waals surface area contributed by atoms with E-state index in [2.05, 4.69) is 21.2 Å². The van der Waals surface area contributed by atoms with Crippen molar-refractivity contribution in [2.75, 3.05) is 26.2 Å². The van der Waals surface area contributed by atoms with Gasteiger partial charge in [-0.1, -0.05) is 12.8 Å². The van der Waals surface area contributed by atoms with Gasteiger partial charge in [-0.25, -0.2) is 0 Å². The monoisotopic (exact) mass is 603 g/mol. The Kier molecular flexibility index (Phi) is 9.50. The number of rotatable bonds is 10. The maximum atomic E-state index is 13.1. The van der Waals surface area contributed by atoms with Gasteiger partial charge in [0.15, 0.2) is 0 Å². The largest absolute Gasteiger partial charge is 0.489 e. The number of benzene rings is 1. The van der Waals surface area contributed by atoms with Crippen LogP contribution in [-0.2, 0) is 20.9 Å². The second kappa shape index (κ2) is 13.7. The van der Waals surface area contributed by atoms with Gasteiger partial charge in [-0.3, -0.25) is 29.4 Å². The number of nitriles is 1. The van der Waals surface area contributed by atoms with Crippen molar-refractivity contribution in [1.29, 1.82) is 5.26 Å². The highest BCUT2D eigenvalue weighted by molar-refractivity contribution is 6.05. The molecule has 236 valence electrons. The van der Waals surface area contributed by atoms with Crippen molar-refractivity contribution in [3.8, 4) is 11.8 Å². The summed E-state index contributed by atoms with van der Waals surface area (Å²) in [6.45, 7) is 4.29. The van der Waals surface area contributed by atoms with Gasteiger partial charge in [0.05, 0.1) is 6.07 Å². The summed E-state index contributed by atoms with van der Waals surface area (Å²) < 4.78 is 6.62. The van der Waals surface area contributed by atoms with Gasteiger partial charge in [-0.2, -0.15) is 5.26 Å². The number of nitrogens with zero attached hydrogens (tertiary/aromatic N) is 4. The summed E-state index contributed by atoms with van der Waals surface area (Å²) in [5.41, 5.74) is 1.48. The highest BCUT2D eigenvalue weighted by Crippen LogP contribution is 2.38. The van der Waals surface area contributed by atoms with Crippen LogP contribution in [0, 0.1) is 23.2 Å². The quantitative estimate of drug-likeness (QED) is 0.319. The van der Waals surface area contributed by atoms with Gasteiger partial charge in [-0.05, 0) is 87.0 Å². The second-order valence-corrected chi connectivity index (χ2v) is 13.4. The molecule has 1 aliphatic carbocycles. The van der Waals surface area contributed by atoms with E-state index >= 15 is 0 Å². The molecule has 4 aliphatic heterocycles. The number of likely N-dealkylation sites (tertiary alicyclic amines) is 2. The predicted molar refractivity (Wildman–Crippen MR) is 162 cm³/mol. The van der Waals surface area contributed by atoms with E-state index in [9.17, 15) is 19.2 Å². The molecule has 10 heteroatoms. The maximum absolute atomic E-state index is 13.1. The van der Waals surface area contributed by atoms with Gasteiger partial charge < -0.3 is 14.5 Å². The van der Waals surface area contributed by atoms with Crippen molar-refractivity contribution in [3.63, 3.8) is 0 Å². The lowest BCUT2D eigenvalue weighted by Gasteiger charge is -2.51. The van der Waals surface area contributed by atoms with E-state index in [1.54, 1.807) is 4.90 Å². The van der Waals surface area contributed by atoms with Gasteiger partial charge in [0.1, 0.15) is 17.9 Å². The van der Waals surface area contributed by atoms with Crippen molar-refractivity contribution in [3.05, 3.63) is 29.3 Å². The first-order valence-corrected chi connectivity index (χ1v) is 16.7. The number of carbonyl (C=O) groups excluding carboxylic acids is 4. The van der Waals surface area contributed by atoms with Crippen molar-refractivity contribution in [1.82, 2.24) is 20.0 Å². The summed E-state index contributed by atoms with van der Waals surface area (Å²) >= 11 is 0. The number of hydrogen-bond donors (Lipinski definition) is 1. The predicted octanol–water partition coefficient (Wildman–Crippen LogP) is 3.78. The Hall–Kier alpha value is -3.45. The summed E-state index contributed by atoms with van der Waals surface area (Å²) in [6, 6.07) is 7.61. The lowest BCUT2D eigenvalue weighted by molar-refractivity contribution is -0.137. The molecule has 4 amide bonds. The third-order valence-corrected chi connectivity index (χ3v) is 10.6. The fourth-order valence-corrected chi connectivity index (χ4v) is 7.98. The number of hydrogen-bond acceptors (Lipinski definition) is 7. The van der Waals surface area contributed by atoms with E-state index in [1.165, 1.54) is 6.42 Å². The Morgan fingerprint density at radius 2 is 1.77 bits per heavy atom. The molecule has 10 nitrogen and oxygen atoms in total. The average Bonchev–Trinajstić information content (AvgIpc) is 3.32. The normalized spacial score (nSPS) is 26.6. The third-order valence-electron chi connectivity index (χ3n) is 10.6. The Balaban J connectivity index is 0.978. The zero-order valence-corrected chi connectivity index (χ0v) is 25.7. The molecule has 3 atom stereocenters. The average molecular weight is 604 g/mol. The van der Waals surface area contributed by atoms with Crippen LogP contribution in [0.1, 0.15) is 99.4 Å². The third kappa shape index (κ3) is 6.63. The van der Waals surface area contributed by atoms with Crippen LogP contribution in [0.4, 0.5) is 0 Å². The van der Waals surface area contributed by atoms with Crippen LogP contribution in [0.2, 0.25) is 0 Å². The second-order valence-electron chi connectivity index (χ2n) is 13.4. The number of imide groups is 1. The zero-order chi connectivity index (χ0) is 30.6. The molecule has 1 unspecified atom stereocenters. The zero-order valence-electron chi connectivity index (χ0n) is 25.7. The summed E-state index contributed by atoms with van der Waals surface area (Å²) in [5, 5.41) is 11.0. The van der Waals surface area contributed by atoms with Crippen LogP contribution in [0.3, 0.4) is 0 Å². The van der Waals surface area contributed by atoms with Gasteiger partial charge in [0.2, 0.25) is 17.7 Å². The maximum Gasteiger partial charge on any atom is 0.255 e. The van der Waals surface area contributed by atoms with Crippen molar-refractivity contribution < 1.29 is 23.9 Å². The highest BCUT2D eigenvalue weighted by atomic mass is 16.5. The highest BCUT2D eigenvalue weighted by Gasteiger charge is 2.43. The van der Waals surface area contributed by atoms with E-state index < -0.39 is 11.9 Å². The minimum Gasteiger partial charge on any atom is -0.489 e. The number of piperidine rings is 2. The number of carbonyl (C=O) groups is 4. The Bertz CT molecular complexity index is 1300. The van der Waals surface area contributed by atoms with Crippen molar-refractivity contribution in [2.24, 2.45) is 11.8 Å². The Morgan fingerprint density at radius 3 is 2.55 bits per heavy atom. The Morgan fingerprint density at radius 1 is 0.977 bits per heavy atom. The minimum atomic E-state index is -0.613. The molecule has 1 aromatic rings. The van der Waals surface area contributed by atoms with E-state index in [0.29, 0.717) is 49.2 Å². The standard InChI is InChI=1S/C34H45N5O5/c35-16-6-2-1-3-9-32(41)37-17-14-23(15-18-37)25-20-38(21-25)28-7-4-5-8-30(28)44-26-10-11-27-24(19-26)22-39(34(27)43)29-12-13-31(40)36-33(29)42/h10-11,19,23,25,28-30H,1-9,12-15,17-18,20-22H2,(H,36,40,42)/t28-,29?,30-/m0/s1. The fourth-order valence-electron chi connectivity index (χ4n) is 7.98. The van der Waals surface area contributed by atoms with Crippen LogP contribution in [0.15, 0.2) is 18.2 Å². The Labute approximate surface area is 260 Å². The molecule has 44 heavy (non-hydrogen) atoms. The van der Waals surface area contributed by atoms with Crippen molar-refractivity contribution in [2.45, 2.75) is 108 Å². The summed E-state index contributed by atoms with van der Waals surface area (Å²) in [6.07, 6.45) is 11.3. The SMILES string of the molecule is N#CCCCCCC(=O)N1CCC(C2CN([C@H]3CCCC[C@@H]3Oc3ccc4c(c3)CN(C3CCC(=O)NC3=O)C4=O)C2)CC1. The molecule has 1 aromatic carbocycles. The molecule has 5 aliphatic rings. The molecule has 0 spiro atoms. The number of fused-ring (bicyclic) bond motifs is 1. The molecule has 4 heterocycles. The molecule has 0 radical (unpaired) electrons. The number of unbranched alkanes of at least 4 members (excludes halogenated alkanes) is 3. The minimum absolute atomic E-state index is 0.110. The molecular formula is C34H45N5O5. The first-order chi connectivity index (χ1) is 21.4. The first kappa shape index (κ1) is 30.6. The van der Waals surface area contributed by atoms with E-state index in [1.807, 2.05) is 18.2 Å². The number of nitrogens with one attached hydrogen (secondary N) is 1. The molecule has 0 aromatic heterocycles. The number of amides is 4. The van der Waals surface area contributed by atoms with E-state index in [-0.39, 0.29) is 30.2 Å². The van der Waals surface area contributed by atoms with Gasteiger partial charge >= 0.3 is 0 Å².